The zero-order chi connectivity index (χ0) is 9.30. The Morgan fingerprint density at radius 2 is 1.92 bits per heavy atom. The van der Waals surface area contributed by atoms with Gasteiger partial charge in [-0.05, 0) is 26.2 Å². The maximum atomic E-state index is 4.51. The van der Waals surface area contributed by atoms with E-state index in [0.717, 1.165) is 12.2 Å². The monoisotopic (exact) mass is 166 g/mol. The Kier molecular flexibility index (Phi) is 2.55. The van der Waals surface area contributed by atoms with Crippen molar-refractivity contribution in [2.24, 2.45) is 13.0 Å². The standard InChI is InChI=1S/C10H18N2/c1-7(2)6-10-8(3)12(5)9(4)11-10/h7H,6H2,1-5H3. The summed E-state index contributed by atoms with van der Waals surface area (Å²) in [6.45, 7) is 8.64. The van der Waals surface area contributed by atoms with Crippen molar-refractivity contribution in [3.05, 3.63) is 17.2 Å². The largest absolute Gasteiger partial charge is 0.335 e. The fourth-order valence-corrected chi connectivity index (χ4v) is 1.37. The first-order valence-corrected chi connectivity index (χ1v) is 4.51. The Morgan fingerprint density at radius 1 is 1.33 bits per heavy atom. The molecule has 1 aromatic heterocycles. The van der Waals surface area contributed by atoms with Gasteiger partial charge in [-0.1, -0.05) is 13.8 Å². The molecule has 2 heteroatoms. The van der Waals surface area contributed by atoms with E-state index in [2.05, 4.69) is 44.3 Å². The fourth-order valence-electron chi connectivity index (χ4n) is 1.37. The molecule has 0 atom stereocenters. The summed E-state index contributed by atoms with van der Waals surface area (Å²) in [6.07, 6.45) is 1.09. The number of aromatic nitrogens is 2. The molecular weight excluding hydrogens is 148 g/mol. The fraction of sp³-hybridized carbons (Fsp3) is 0.700. The van der Waals surface area contributed by atoms with Crippen LogP contribution in [-0.4, -0.2) is 9.55 Å². The molecule has 0 aliphatic carbocycles. The van der Waals surface area contributed by atoms with Crippen LogP contribution >= 0.6 is 0 Å². The molecule has 1 rings (SSSR count). The molecule has 68 valence electrons. The summed E-state index contributed by atoms with van der Waals surface area (Å²) in [6, 6.07) is 0. The van der Waals surface area contributed by atoms with Crippen molar-refractivity contribution in [2.75, 3.05) is 0 Å². The first-order chi connectivity index (χ1) is 5.52. The van der Waals surface area contributed by atoms with Gasteiger partial charge in [0, 0.05) is 12.7 Å². The Balaban J connectivity index is 2.93. The Morgan fingerprint density at radius 3 is 2.25 bits per heavy atom. The molecule has 0 spiro atoms. The predicted molar refractivity (Wildman–Crippen MR) is 51.2 cm³/mol. The lowest BCUT2D eigenvalue weighted by Gasteiger charge is -2.02. The van der Waals surface area contributed by atoms with E-state index in [0.29, 0.717) is 5.92 Å². The van der Waals surface area contributed by atoms with Gasteiger partial charge in [-0.15, -0.1) is 0 Å². The lowest BCUT2D eigenvalue weighted by atomic mass is 10.1. The summed E-state index contributed by atoms with van der Waals surface area (Å²) in [5.74, 6) is 1.81. The van der Waals surface area contributed by atoms with Crippen LogP contribution in [0.25, 0.3) is 0 Å². The number of nitrogens with zero attached hydrogens (tertiary/aromatic N) is 2. The molecular formula is C10H18N2. The summed E-state index contributed by atoms with van der Waals surface area (Å²) in [5, 5.41) is 0. The van der Waals surface area contributed by atoms with Crippen molar-refractivity contribution in [1.29, 1.82) is 0 Å². The van der Waals surface area contributed by atoms with E-state index in [9.17, 15) is 0 Å². The minimum absolute atomic E-state index is 0.693. The quantitative estimate of drug-likeness (QED) is 0.659. The Labute approximate surface area is 74.6 Å². The van der Waals surface area contributed by atoms with Gasteiger partial charge in [0.05, 0.1) is 5.69 Å². The third-order valence-electron chi connectivity index (χ3n) is 2.30. The van der Waals surface area contributed by atoms with Crippen LogP contribution in [0, 0.1) is 19.8 Å². The molecule has 2 nitrogen and oxygen atoms in total. The second kappa shape index (κ2) is 3.30. The van der Waals surface area contributed by atoms with E-state index in [-0.39, 0.29) is 0 Å². The van der Waals surface area contributed by atoms with E-state index in [1.54, 1.807) is 0 Å². The highest BCUT2D eigenvalue weighted by Gasteiger charge is 2.08. The van der Waals surface area contributed by atoms with E-state index < -0.39 is 0 Å². The average molecular weight is 166 g/mol. The minimum atomic E-state index is 0.693. The first kappa shape index (κ1) is 9.30. The van der Waals surface area contributed by atoms with Crippen molar-refractivity contribution < 1.29 is 0 Å². The zero-order valence-corrected chi connectivity index (χ0v) is 8.68. The van der Waals surface area contributed by atoms with Crippen LogP contribution in [0.1, 0.15) is 31.1 Å². The molecule has 0 aromatic carbocycles. The molecule has 0 saturated heterocycles. The third-order valence-corrected chi connectivity index (χ3v) is 2.30. The average Bonchev–Trinajstić information content (AvgIpc) is 2.17. The second-order valence-corrected chi connectivity index (χ2v) is 3.85. The molecule has 1 aromatic rings. The maximum absolute atomic E-state index is 4.51. The number of rotatable bonds is 2. The van der Waals surface area contributed by atoms with Gasteiger partial charge < -0.3 is 4.57 Å². The van der Waals surface area contributed by atoms with Gasteiger partial charge >= 0.3 is 0 Å². The second-order valence-electron chi connectivity index (χ2n) is 3.85. The summed E-state index contributed by atoms with van der Waals surface area (Å²) >= 11 is 0. The van der Waals surface area contributed by atoms with E-state index >= 15 is 0 Å². The molecule has 0 bridgehead atoms. The SMILES string of the molecule is Cc1nc(CC(C)C)c(C)n1C. The number of imidazole rings is 1. The van der Waals surface area contributed by atoms with E-state index in [1.165, 1.54) is 11.4 Å². The zero-order valence-electron chi connectivity index (χ0n) is 8.68. The topological polar surface area (TPSA) is 17.8 Å². The minimum Gasteiger partial charge on any atom is -0.335 e. The molecule has 0 N–H and O–H groups in total. The van der Waals surface area contributed by atoms with Crippen molar-refractivity contribution >= 4 is 0 Å². The van der Waals surface area contributed by atoms with Crippen molar-refractivity contribution in [3.8, 4) is 0 Å². The van der Waals surface area contributed by atoms with Gasteiger partial charge in [-0.2, -0.15) is 0 Å². The molecule has 0 amide bonds. The highest BCUT2D eigenvalue weighted by atomic mass is 15.1. The van der Waals surface area contributed by atoms with Crippen LogP contribution in [0.2, 0.25) is 0 Å². The number of hydrogen-bond acceptors (Lipinski definition) is 1. The molecule has 0 radical (unpaired) electrons. The first-order valence-electron chi connectivity index (χ1n) is 4.51. The normalized spacial score (nSPS) is 11.2. The molecule has 0 saturated carbocycles. The lowest BCUT2D eigenvalue weighted by molar-refractivity contribution is 0.633. The van der Waals surface area contributed by atoms with Gasteiger partial charge in [-0.25, -0.2) is 4.98 Å². The lowest BCUT2D eigenvalue weighted by Crippen LogP contribution is -1.98. The van der Waals surface area contributed by atoms with Gasteiger partial charge in [0.1, 0.15) is 5.82 Å². The summed E-state index contributed by atoms with van der Waals surface area (Å²) in [7, 11) is 2.07. The van der Waals surface area contributed by atoms with Crippen molar-refractivity contribution in [3.63, 3.8) is 0 Å². The molecule has 0 fully saturated rings. The molecule has 1 heterocycles. The Bertz CT molecular complexity index is 272. The van der Waals surface area contributed by atoms with Crippen LogP contribution in [0.15, 0.2) is 0 Å². The highest BCUT2D eigenvalue weighted by molar-refractivity contribution is 5.15. The van der Waals surface area contributed by atoms with Crippen molar-refractivity contribution in [1.82, 2.24) is 9.55 Å². The van der Waals surface area contributed by atoms with Gasteiger partial charge in [0.25, 0.3) is 0 Å². The van der Waals surface area contributed by atoms with Crippen LogP contribution in [0.4, 0.5) is 0 Å². The van der Waals surface area contributed by atoms with Gasteiger partial charge in [0.2, 0.25) is 0 Å². The maximum Gasteiger partial charge on any atom is 0.105 e. The van der Waals surface area contributed by atoms with Crippen LogP contribution < -0.4 is 0 Å². The smallest absolute Gasteiger partial charge is 0.105 e. The van der Waals surface area contributed by atoms with Gasteiger partial charge in [-0.3, -0.25) is 0 Å². The van der Waals surface area contributed by atoms with Crippen molar-refractivity contribution in [2.45, 2.75) is 34.1 Å². The summed E-state index contributed by atoms with van der Waals surface area (Å²) < 4.78 is 2.15. The van der Waals surface area contributed by atoms with Crippen LogP contribution in [0.3, 0.4) is 0 Å². The molecule has 12 heavy (non-hydrogen) atoms. The molecule has 0 unspecified atom stereocenters. The molecule has 0 aliphatic heterocycles. The third kappa shape index (κ3) is 1.68. The number of hydrogen-bond donors (Lipinski definition) is 0. The van der Waals surface area contributed by atoms with Crippen LogP contribution in [0.5, 0.6) is 0 Å². The van der Waals surface area contributed by atoms with E-state index in [4.69, 9.17) is 0 Å². The molecule has 0 aliphatic rings. The highest BCUT2D eigenvalue weighted by Crippen LogP contribution is 2.12. The van der Waals surface area contributed by atoms with Crippen LogP contribution in [-0.2, 0) is 13.5 Å². The summed E-state index contributed by atoms with van der Waals surface area (Å²) in [5.41, 5.74) is 2.56. The van der Waals surface area contributed by atoms with Gasteiger partial charge in [0.15, 0.2) is 0 Å². The summed E-state index contributed by atoms with van der Waals surface area (Å²) in [4.78, 5) is 4.51. The van der Waals surface area contributed by atoms with E-state index in [1.807, 2.05) is 0 Å². The Hall–Kier alpha value is -0.790. The number of aryl methyl sites for hydroxylation is 1. The predicted octanol–water partition coefficient (Wildman–Crippen LogP) is 2.24.